The monoisotopic (exact) mass is 395 g/mol. The van der Waals surface area contributed by atoms with Crippen molar-refractivity contribution >= 4 is 15.9 Å². The smallest absolute Gasteiger partial charge is 0.190 e. The molecule has 0 aromatic heterocycles. The summed E-state index contributed by atoms with van der Waals surface area (Å²) in [5.41, 5.74) is 0. The summed E-state index contributed by atoms with van der Waals surface area (Å²) >= 11 is 3.00. The molecule has 1 fully saturated rings. The number of benzene rings is 1. The zero-order valence-electron chi connectivity index (χ0n) is 12.6. The van der Waals surface area contributed by atoms with Crippen LogP contribution < -0.4 is 4.74 Å². The summed E-state index contributed by atoms with van der Waals surface area (Å²) in [4.78, 5) is 2.10. The van der Waals surface area contributed by atoms with Gasteiger partial charge in [-0.2, -0.15) is 0 Å². The maximum Gasteiger partial charge on any atom is 0.190 e. The molecule has 130 valence electrons. The number of hydrogen-bond acceptors (Lipinski definition) is 5. The summed E-state index contributed by atoms with van der Waals surface area (Å²) in [6, 6.07) is 2.26. The van der Waals surface area contributed by atoms with Crippen molar-refractivity contribution in [3.05, 3.63) is 28.2 Å². The van der Waals surface area contributed by atoms with Crippen LogP contribution in [-0.2, 0) is 9.47 Å². The number of morpholine rings is 1. The highest BCUT2D eigenvalue weighted by atomic mass is 79.9. The van der Waals surface area contributed by atoms with E-state index in [4.69, 9.17) is 14.2 Å². The molecule has 1 N–H and O–H groups in total. The fraction of sp³-hybridized carbons (Fsp3) is 0.600. The lowest BCUT2D eigenvalue weighted by atomic mass is 10.3. The van der Waals surface area contributed by atoms with Crippen molar-refractivity contribution in [1.82, 2.24) is 4.90 Å². The van der Waals surface area contributed by atoms with E-state index < -0.39 is 23.5 Å². The molecule has 0 amide bonds. The van der Waals surface area contributed by atoms with Crippen LogP contribution in [0.15, 0.2) is 16.6 Å². The molecule has 1 atom stereocenters. The minimum absolute atomic E-state index is 0.000251. The number of hydrogen-bond donors (Lipinski definition) is 1. The number of nitrogens with zero attached hydrogens (tertiary/aromatic N) is 1. The standard InChI is InChI=1S/C15H20BrF2NO4/c16-11-7-13(17)15(14(18)8-11)23-6-5-22-10-12(20)9-19-1-3-21-4-2-19/h7-8,12,20H,1-6,9-10H2. The Labute approximate surface area is 142 Å². The van der Waals surface area contributed by atoms with Gasteiger partial charge >= 0.3 is 0 Å². The first kappa shape index (κ1) is 18.5. The van der Waals surface area contributed by atoms with Gasteiger partial charge in [-0.1, -0.05) is 15.9 Å². The number of halogens is 3. The topological polar surface area (TPSA) is 51.2 Å². The van der Waals surface area contributed by atoms with Crippen LogP contribution >= 0.6 is 15.9 Å². The van der Waals surface area contributed by atoms with E-state index in [1.165, 1.54) is 0 Å². The lowest BCUT2D eigenvalue weighted by Gasteiger charge is -2.28. The second-order valence-electron chi connectivity index (χ2n) is 5.19. The average Bonchev–Trinajstić information content (AvgIpc) is 2.50. The lowest BCUT2D eigenvalue weighted by Crippen LogP contribution is -2.42. The van der Waals surface area contributed by atoms with Gasteiger partial charge in [0.25, 0.3) is 0 Å². The van der Waals surface area contributed by atoms with Gasteiger partial charge in [0.1, 0.15) is 6.61 Å². The van der Waals surface area contributed by atoms with Gasteiger partial charge in [-0.15, -0.1) is 0 Å². The first-order valence-corrected chi connectivity index (χ1v) is 8.19. The Morgan fingerprint density at radius 3 is 2.52 bits per heavy atom. The Morgan fingerprint density at radius 2 is 1.87 bits per heavy atom. The molecule has 1 unspecified atom stereocenters. The fourth-order valence-electron chi connectivity index (χ4n) is 2.22. The van der Waals surface area contributed by atoms with E-state index in [1.807, 2.05) is 0 Å². The summed E-state index contributed by atoms with van der Waals surface area (Å²) in [6.45, 7) is 3.73. The Morgan fingerprint density at radius 1 is 1.22 bits per heavy atom. The maximum absolute atomic E-state index is 13.5. The predicted octanol–water partition coefficient (Wildman–Crippen LogP) is 1.82. The molecule has 1 aromatic carbocycles. The first-order valence-electron chi connectivity index (χ1n) is 7.39. The lowest BCUT2D eigenvalue weighted by molar-refractivity contribution is -0.0181. The van der Waals surface area contributed by atoms with Crippen LogP contribution in [0, 0.1) is 11.6 Å². The normalized spacial score (nSPS) is 17.2. The van der Waals surface area contributed by atoms with Gasteiger partial charge in [-0.3, -0.25) is 4.90 Å². The number of rotatable bonds is 8. The highest BCUT2D eigenvalue weighted by Gasteiger charge is 2.15. The second-order valence-corrected chi connectivity index (χ2v) is 6.10. The van der Waals surface area contributed by atoms with Gasteiger partial charge < -0.3 is 19.3 Å². The molecular formula is C15H20BrF2NO4. The van der Waals surface area contributed by atoms with E-state index in [1.54, 1.807) is 0 Å². The Kier molecular flexibility index (Phi) is 7.64. The molecule has 1 aromatic rings. The molecule has 5 nitrogen and oxygen atoms in total. The summed E-state index contributed by atoms with van der Waals surface area (Å²) in [5, 5.41) is 9.86. The molecule has 1 saturated heterocycles. The zero-order valence-corrected chi connectivity index (χ0v) is 14.2. The summed E-state index contributed by atoms with van der Waals surface area (Å²) < 4.78 is 42.9. The van der Waals surface area contributed by atoms with Gasteiger partial charge in [-0.25, -0.2) is 8.78 Å². The van der Waals surface area contributed by atoms with Crippen LogP contribution in [0.4, 0.5) is 8.78 Å². The van der Waals surface area contributed by atoms with E-state index in [9.17, 15) is 13.9 Å². The third-order valence-corrected chi connectivity index (χ3v) is 3.78. The Hall–Kier alpha value is -0.800. The number of aliphatic hydroxyl groups excluding tert-OH is 1. The highest BCUT2D eigenvalue weighted by Crippen LogP contribution is 2.25. The molecular weight excluding hydrogens is 376 g/mol. The molecule has 0 aliphatic carbocycles. The SMILES string of the molecule is OC(COCCOc1c(F)cc(Br)cc1F)CN1CCOCC1. The third-order valence-electron chi connectivity index (χ3n) is 3.32. The molecule has 0 radical (unpaired) electrons. The Balaban J connectivity index is 1.62. The van der Waals surface area contributed by atoms with Crippen LogP contribution in [0.5, 0.6) is 5.75 Å². The van der Waals surface area contributed by atoms with Crippen molar-refractivity contribution in [2.45, 2.75) is 6.10 Å². The van der Waals surface area contributed by atoms with E-state index >= 15 is 0 Å². The van der Waals surface area contributed by atoms with Gasteiger partial charge in [0, 0.05) is 24.1 Å². The zero-order chi connectivity index (χ0) is 16.7. The number of β-amino-alcohol motifs (C(OH)–C–C–N with tert-alkyl or cyclic N) is 1. The summed E-state index contributed by atoms with van der Waals surface area (Å²) in [6.07, 6.45) is -0.616. The van der Waals surface area contributed by atoms with Crippen LogP contribution in [0.1, 0.15) is 0 Å². The minimum atomic E-state index is -0.774. The molecule has 1 heterocycles. The maximum atomic E-state index is 13.5. The molecule has 0 bridgehead atoms. The van der Waals surface area contributed by atoms with Crippen LogP contribution in [-0.4, -0.2) is 68.8 Å². The summed E-state index contributed by atoms with van der Waals surface area (Å²) in [5.74, 6) is -1.97. The van der Waals surface area contributed by atoms with Crippen LogP contribution in [0.2, 0.25) is 0 Å². The molecule has 23 heavy (non-hydrogen) atoms. The van der Waals surface area contributed by atoms with Crippen LogP contribution in [0.25, 0.3) is 0 Å². The molecule has 2 rings (SSSR count). The quantitative estimate of drug-likeness (QED) is 0.680. The number of aliphatic hydroxyl groups is 1. The largest absolute Gasteiger partial charge is 0.485 e. The molecule has 1 aliphatic heterocycles. The van der Waals surface area contributed by atoms with Crippen molar-refractivity contribution in [2.24, 2.45) is 0 Å². The number of ether oxygens (including phenoxy) is 3. The minimum Gasteiger partial charge on any atom is -0.485 e. The van der Waals surface area contributed by atoms with Gasteiger partial charge in [0.05, 0.1) is 32.5 Å². The van der Waals surface area contributed by atoms with Crippen molar-refractivity contribution in [3.8, 4) is 5.75 Å². The molecule has 8 heteroatoms. The average molecular weight is 396 g/mol. The van der Waals surface area contributed by atoms with Gasteiger partial charge in [0.15, 0.2) is 17.4 Å². The molecule has 1 aliphatic rings. The summed E-state index contributed by atoms with van der Waals surface area (Å²) in [7, 11) is 0. The van der Waals surface area contributed by atoms with Gasteiger partial charge in [0.2, 0.25) is 0 Å². The molecule has 0 saturated carbocycles. The van der Waals surface area contributed by atoms with Crippen molar-refractivity contribution in [3.63, 3.8) is 0 Å². The van der Waals surface area contributed by atoms with E-state index in [0.29, 0.717) is 24.2 Å². The van der Waals surface area contributed by atoms with Crippen molar-refractivity contribution in [2.75, 3.05) is 52.7 Å². The van der Waals surface area contributed by atoms with E-state index in [-0.39, 0.29) is 19.8 Å². The van der Waals surface area contributed by atoms with E-state index in [2.05, 4.69) is 20.8 Å². The van der Waals surface area contributed by atoms with Crippen molar-refractivity contribution < 1.29 is 28.1 Å². The highest BCUT2D eigenvalue weighted by molar-refractivity contribution is 9.10. The fourth-order valence-corrected chi connectivity index (χ4v) is 2.63. The van der Waals surface area contributed by atoms with Gasteiger partial charge in [-0.05, 0) is 12.1 Å². The first-order chi connectivity index (χ1) is 11.1. The third kappa shape index (κ3) is 6.31. The molecule has 0 spiro atoms. The predicted molar refractivity (Wildman–Crippen MR) is 83.6 cm³/mol. The van der Waals surface area contributed by atoms with E-state index in [0.717, 1.165) is 25.2 Å². The van der Waals surface area contributed by atoms with Crippen molar-refractivity contribution in [1.29, 1.82) is 0 Å². The Bertz CT molecular complexity index is 477. The van der Waals surface area contributed by atoms with Crippen LogP contribution in [0.3, 0.4) is 0 Å². The second kappa shape index (κ2) is 9.48.